The van der Waals surface area contributed by atoms with Gasteiger partial charge in [0.15, 0.2) is 0 Å². The van der Waals surface area contributed by atoms with E-state index in [1.165, 1.54) is 0 Å². The maximum absolute atomic E-state index is 12.1. The van der Waals surface area contributed by atoms with Gasteiger partial charge < -0.3 is 19.7 Å². The topological polar surface area (TPSA) is 76.6 Å². The minimum Gasteiger partial charge on any atom is -0.495 e. The molecular weight excluding hydrogens is 475 g/mol. The van der Waals surface area contributed by atoms with E-state index in [4.69, 9.17) is 32.7 Å². The highest BCUT2D eigenvalue weighted by atomic mass is 35.5. The summed E-state index contributed by atoms with van der Waals surface area (Å²) in [4.78, 5) is 23.0. The van der Waals surface area contributed by atoms with Crippen LogP contribution in [0.5, 0.6) is 11.5 Å². The van der Waals surface area contributed by atoms with E-state index in [1.54, 1.807) is 38.3 Å². The highest BCUT2D eigenvalue weighted by Crippen LogP contribution is 2.46. The van der Waals surface area contributed by atoms with Gasteiger partial charge >= 0.3 is 0 Å². The van der Waals surface area contributed by atoms with Crippen molar-refractivity contribution in [2.45, 2.75) is 25.8 Å². The normalized spacial score (nSPS) is 15.4. The minimum atomic E-state index is -0.146. The molecule has 1 amide bonds. The lowest BCUT2D eigenvalue weighted by Crippen LogP contribution is -2.44. The second kappa shape index (κ2) is 10.4. The van der Waals surface area contributed by atoms with Crippen molar-refractivity contribution < 1.29 is 14.3 Å². The lowest BCUT2D eigenvalue weighted by molar-refractivity contribution is -0.126. The van der Waals surface area contributed by atoms with Crippen LogP contribution >= 0.6 is 23.2 Å². The van der Waals surface area contributed by atoms with Crippen molar-refractivity contribution in [3.05, 3.63) is 40.5 Å². The van der Waals surface area contributed by atoms with Crippen LogP contribution in [-0.4, -0.2) is 54.1 Å². The number of hydrogen-bond acceptors (Lipinski definition) is 6. The van der Waals surface area contributed by atoms with Gasteiger partial charge in [0.1, 0.15) is 11.5 Å². The number of carbonyl (C=O) groups is 1. The van der Waals surface area contributed by atoms with Crippen LogP contribution in [0.2, 0.25) is 10.0 Å². The number of benzene rings is 2. The predicted molar refractivity (Wildman–Crippen MR) is 135 cm³/mol. The number of nitrogens with zero attached hydrogens (tertiary/aromatic N) is 3. The van der Waals surface area contributed by atoms with Crippen molar-refractivity contribution in [1.82, 2.24) is 14.9 Å². The number of methoxy groups -OCH3 is 2. The van der Waals surface area contributed by atoms with E-state index in [0.29, 0.717) is 46.1 Å². The highest BCUT2D eigenvalue weighted by molar-refractivity contribution is 6.41. The molecule has 2 heterocycles. The van der Waals surface area contributed by atoms with Gasteiger partial charge in [-0.3, -0.25) is 4.79 Å². The molecule has 0 saturated carbocycles. The first kappa shape index (κ1) is 23.9. The van der Waals surface area contributed by atoms with Gasteiger partial charge in [-0.15, -0.1) is 0 Å². The van der Waals surface area contributed by atoms with Crippen LogP contribution in [0, 0.1) is 11.8 Å². The molecule has 0 bridgehead atoms. The summed E-state index contributed by atoms with van der Waals surface area (Å²) in [6.45, 7) is 2.95. The van der Waals surface area contributed by atoms with Gasteiger partial charge in [0.2, 0.25) is 5.95 Å². The third-order valence-corrected chi connectivity index (χ3v) is 6.47. The second-order valence-electron chi connectivity index (χ2n) is 7.86. The van der Waals surface area contributed by atoms with Crippen molar-refractivity contribution in [2.75, 3.05) is 32.6 Å². The zero-order valence-corrected chi connectivity index (χ0v) is 20.6. The van der Waals surface area contributed by atoms with Crippen LogP contribution in [-0.2, 0) is 4.79 Å². The average Bonchev–Trinajstić information content (AvgIpc) is 2.84. The van der Waals surface area contributed by atoms with Gasteiger partial charge in [-0.2, -0.15) is 0 Å². The van der Waals surface area contributed by atoms with Crippen LogP contribution in [0.3, 0.4) is 0 Å². The molecule has 176 valence electrons. The van der Waals surface area contributed by atoms with E-state index in [9.17, 15) is 4.79 Å². The third kappa shape index (κ3) is 4.84. The van der Waals surface area contributed by atoms with Crippen LogP contribution < -0.4 is 14.8 Å². The number of fused-ring (bicyclic) bond motifs is 1. The molecule has 9 heteroatoms. The van der Waals surface area contributed by atoms with E-state index in [1.807, 2.05) is 18.2 Å². The summed E-state index contributed by atoms with van der Waals surface area (Å²) in [5.41, 5.74) is 2.18. The molecule has 0 aliphatic carbocycles. The van der Waals surface area contributed by atoms with E-state index in [-0.39, 0.29) is 11.9 Å². The number of likely N-dealkylation sites (tertiary alicyclic amines) is 1. The number of hydrogen-bond donors (Lipinski definition) is 1. The summed E-state index contributed by atoms with van der Waals surface area (Å²) >= 11 is 13.1. The fraction of sp³-hybridized carbons (Fsp3) is 0.320. The fourth-order valence-electron chi connectivity index (χ4n) is 4.05. The van der Waals surface area contributed by atoms with Gasteiger partial charge in [0, 0.05) is 42.3 Å². The summed E-state index contributed by atoms with van der Waals surface area (Å²) in [6.07, 6.45) is 3.58. The predicted octanol–water partition coefficient (Wildman–Crippen LogP) is 5.05. The minimum absolute atomic E-state index is 0.0648. The molecule has 2 aromatic carbocycles. The van der Waals surface area contributed by atoms with Crippen LogP contribution in [0.1, 0.15) is 19.8 Å². The zero-order chi connectivity index (χ0) is 24.2. The Kier molecular flexibility index (Phi) is 7.30. The van der Waals surface area contributed by atoms with Crippen molar-refractivity contribution in [1.29, 1.82) is 0 Å². The Hall–Kier alpha value is -3.21. The summed E-state index contributed by atoms with van der Waals surface area (Å²) in [7, 11) is 3.08. The smallest absolute Gasteiger partial charge is 0.298 e. The number of aromatic nitrogens is 2. The van der Waals surface area contributed by atoms with Crippen molar-refractivity contribution in [3.8, 4) is 34.5 Å². The fourth-order valence-corrected chi connectivity index (χ4v) is 4.76. The number of amides is 1. The monoisotopic (exact) mass is 498 g/mol. The quantitative estimate of drug-likeness (QED) is 0.496. The average molecular weight is 499 g/mol. The lowest BCUT2D eigenvalue weighted by Gasteiger charge is -2.31. The molecular formula is C25H24Cl2N4O3. The third-order valence-electron chi connectivity index (χ3n) is 5.72. The summed E-state index contributed by atoms with van der Waals surface area (Å²) in [5, 5.41) is 4.98. The summed E-state index contributed by atoms with van der Waals surface area (Å²) in [5.74, 6) is 6.59. The molecule has 0 spiro atoms. The SMILES string of the molecule is CC#CC(=O)N1CCC[C@H](Nc2ncc3cc(-c4c(Cl)c(OC)cc(OC)c4Cl)ccc3n2)C1. The molecule has 1 aliphatic rings. The van der Waals surface area contributed by atoms with E-state index < -0.39 is 0 Å². The van der Waals surface area contributed by atoms with Gasteiger partial charge in [0.25, 0.3) is 5.91 Å². The van der Waals surface area contributed by atoms with Gasteiger partial charge in [-0.1, -0.05) is 35.2 Å². The number of halogens is 2. The Balaban J connectivity index is 1.60. The molecule has 1 aliphatic heterocycles. The first-order valence-corrected chi connectivity index (χ1v) is 11.6. The standard InChI is InChI=1S/C25H24Cl2N4O3/c1-4-6-21(32)31-10-5-7-17(14-31)29-25-28-13-16-11-15(8-9-18(16)30-25)22-23(26)19(33-2)12-20(34-3)24(22)27/h8-9,11-13,17H,5,7,10,14H2,1-3H3,(H,28,29,30)/t17-/m0/s1. The molecule has 1 atom stereocenters. The van der Waals surface area contributed by atoms with Gasteiger partial charge in [0.05, 0.1) is 29.8 Å². The Labute approximate surface area is 208 Å². The molecule has 1 N–H and O–H groups in total. The number of rotatable bonds is 5. The van der Waals surface area contributed by atoms with E-state index in [2.05, 4.69) is 27.1 Å². The molecule has 1 saturated heterocycles. The number of ether oxygens (including phenoxy) is 2. The molecule has 7 nitrogen and oxygen atoms in total. The molecule has 3 aromatic rings. The number of piperidine rings is 1. The first-order valence-electron chi connectivity index (χ1n) is 10.8. The summed E-state index contributed by atoms with van der Waals surface area (Å²) < 4.78 is 10.8. The maximum atomic E-state index is 12.1. The molecule has 0 radical (unpaired) electrons. The van der Waals surface area contributed by atoms with E-state index >= 15 is 0 Å². The highest BCUT2D eigenvalue weighted by Gasteiger charge is 2.23. The van der Waals surface area contributed by atoms with Gasteiger partial charge in [-0.25, -0.2) is 9.97 Å². The first-order chi connectivity index (χ1) is 16.4. The zero-order valence-electron chi connectivity index (χ0n) is 19.1. The van der Waals surface area contributed by atoms with Crippen molar-refractivity contribution >= 4 is 46.0 Å². The van der Waals surface area contributed by atoms with Crippen molar-refractivity contribution in [2.24, 2.45) is 0 Å². The second-order valence-corrected chi connectivity index (χ2v) is 8.62. The van der Waals surface area contributed by atoms with Crippen LogP contribution in [0.15, 0.2) is 30.5 Å². The molecule has 0 unspecified atom stereocenters. The Morgan fingerprint density at radius 2 is 1.91 bits per heavy atom. The number of anilines is 1. The largest absolute Gasteiger partial charge is 0.495 e. The lowest BCUT2D eigenvalue weighted by atomic mass is 10.0. The molecule has 4 rings (SSSR count). The number of nitrogens with one attached hydrogen (secondary N) is 1. The Morgan fingerprint density at radius 1 is 1.18 bits per heavy atom. The van der Waals surface area contributed by atoms with Crippen LogP contribution in [0.25, 0.3) is 22.0 Å². The molecule has 34 heavy (non-hydrogen) atoms. The van der Waals surface area contributed by atoms with Gasteiger partial charge in [-0.05, 0) is 43.4 Å². The molecule has 1 fully saturated rings. The Bertz CT molecular complexity index is 1270. The maximum Gasteiger partial charge on any atom is 0.298 e. The van der Waals surface area contributed by atoms with Crippen LogP contribution in [0.4, 0.5) is 5.95 Å². The molecule has 1 aromatic heterocycles. The van der Waals surface area contributed by atoms with Crippen molar-refractivity contribution in [3.63, 3.8) is 0 Å². The van der Waals surface area contributed by atoms with E-state index in [0.717, 1.165) is 29.3 Å². The summed E-state index contributed by atoms with van der Waals surface area (Å²) in [6, 6.07) is 7.44. The number of carbonyl (C=O) groups excluding carboxylic acids is 1. The Morgan fingerprint density at radius 3 is 2.59 bits per heavy atom.